The molecule has 1 aliphatic rings. The minimum Gasteiger partial charge on any atom is -0.276 e. The molecule has 1 aromatic carbocycles. The first-order valence-electron chi connectivity index (χ1n) is 6.42. The van der Waals surface area contributed by atoms with E-state index in [0.29, 0.717) is 17.3 Å². The van der Waals surface area contributed by atoms with Crippen molar-refractivity contribution in [1.82, 2.24) is 14.9 Å². The molecule has 0 unspecified atom stereocenters. The van der Waals surface area contributed by atoms with Crippen molar-refractivity contribution in [2.24, 2.45) is 4.99 Å². The number of aromatic nitrogens is 3. The third-order valence-electron chi connectivity index (χ3n) is 3.22. The largest absolute Gasteiger partial charge is 0.453 e. The van der Waals surface area contributed by atoms with Crippen LogP contribution in [0.15, 0.2) is 28.3 Å². The van der Waals surface area contributed by atoms with E-state index in [9.17, 15) is 13.2 Å². The molecule has 2 aromatic rings. The van der Waals surface area contributed by atoms with E-state index in [1.54, 1.807) is 0 Å². The van der Waals surface area contributed by atoms with Crippen LogP contribution in [-0.4, -0.2) is 26.5 Å². The molecule has 22 heavy (non-hydrogen) atoms. The van der Waals surface area contributed by atoms with E-state index in [-0.39, 0.29) is 5.16 Å². The monoisotopic (exact) mass is 327 g/mol. The lowest BCUT2D eigenvalue weighted by atomic mass is 10.1. The van der Waals surface area contributed by atoms with Gasteiger partial charge in [-0.2, -0.15) is 13.2 Å². The highest BCUT2D eigenvalue weighted by molar-refractivity contribution is 7.99. The number of aliphatic imine (C=N–C) groups is 1. The first kappa shape index (κ1) is 14.9. The minimum absolute atomic E-state index is 0.173. The van der Waals surface area contributed by atoms with Gasteiger partial charge in [-0.15, -0.1) is 10.2 Å². The summed E-state index contributed by atoms with van der Waals surface area (Å²) in [7, 11) is 0. The smallest absolute Gasteiger partial charge is 0.276 e. The van der Waals surface area contributed by atoms with Crippen LogP contribution in [0.2, 0.25) is 0 Å². The van der Waals surface area contributed by atoms with Gasteiger partial charge >= 0.3 is 6.18 Å². The van der Waals surface area contributed by atoms with Crippen LogP contribution >= 0.6 is 11.8 Å². The Kier molecular flexibility index (Phi) is 3.59. The summed E-state index contributed by atoms with van der Waals surface area (Å²) in [6.45, 7) is 3.95. The second kappa shape index (κ2) is 5.31. The highest BCUT2D eigenvalue weighted by Gasteiger charge is 2.40. The molecular weight excluding hydrogens is 315 g/mol. The van der Waals surface area contributed by atoms with Crippen molar-refractivity contribution in [3.05, 3.63) is 35.2 Å². The summed E-state index contributed by atoms with van der Waals surface area (Å²) in [4.78, 5) is 4.36. The number of fused-ring (bicyclic) bond motifs is 1. The summed E-state index contributed by atoms with van der Waals surface area (Å²) >= 11 is 1.16. The predicted molar refractivity (Wildman–Crippen MR) is 78.1 cm³/mol. The molecule has 0 radical (unpaired) electrons. The Morgan fingerprint density at radius 3 is 2.68 bits per heavy atom. The van der Waals surface area contributed by atoms with Gasteiger partial charge in [0, 0.05) is 0 Å². The average Bonchev–Trinajstić information content (AvgIpc) is 2.86. The molecule has 0 amide bonds. The van der Waals surface area contributed by atoms with Crippen LogP contribution in [0.5, 0.6) is 0 Å². The summed E-state index contributed by atoms with van der Waals surface area (Å²) in [5, 5.41) is 6.89. The fraction of sp³-hybridized carbons (Fsp3) is 0.308. The lowest BCUT2D eigenvalue weighted by Crippen LogP contribution is -2.33. The fourth-order valence-electron chi connectivity index (χ4n) is 1.95. The van der Waals surface area contributed by atoms with E-state index in [1.165, 1.54) is 0 Å². The third kappa shape index (κ3) is 2.80. The molecule has 1 aliphatic heterocycles. The van der Waals surface area contributed by atoms with Gasteiger partial charge in [-0.05, 0) is 37.1 Å². The molecule has 0 atom stereocenters. The number of thioether (sulfide) groups is 1. The van der Waals surface area contributed by atoms with Crippen molar-refractivity contribution in [3.63, 3.8) is 0 Å². The van der Waals surface area contributed by atoms with Crippen molar-refractivity contribution < 1.29 is 13.2 Å². The summed E-state index contributed by atoms with van der Waals surface area (Å²) in [5.41, 5.74) is 5.54. The Morgan fingerprint density at radius 2 is 2.00 bits per heavy atom. The number of nitrogens with zero attached hydrogens (tertiary/aromatic N) is 4. The predicted octanol–water partition coefficient (Wildman–Crippen LogP) is 3.29. The van der Waals surface area contributed by atoms with Crippen LogP contribution in [-0.2, 0) is 6.18 Å². The van der Waals surface area contributed by atoms with Crippen molar-refractivity contribution in [2.45, 2.75) is 25.2 Å². The SMILES string of the molecule is Cc1ccc(N=C2CSc3nnc(C(F)(F)F)n3N2)cc1C. The van der Waals surface area contributed by atoms with Gasteiger partial charge in [-0.3, -0.25) is 5.43 Å². The molecule has 2 heterocycles. The molecular formula is C13H12F3N5S. The van der Waals surface area contributed by atoms with E-state index in [2.05, 4.69) is 20.6 Å². The van der Waals surface area contributed by atoms with Crippen LogP contribution in [0, 0.1) is 13.8 Å². The zero-order chi connectivity index (χ0) is 15.9. The number of rotatable bonds is 1. The van der Waals surface area contributed by atoms with E-state index < -0.39 is 12.0 Å². The molecule has 0 spiro atoms. The number of halogens is 3. The van der Waals surface area contributed by atoms with Crippen molar-refractivity contribution in [1.29, 1.82) is 0 Å². The molecule has 5 nitrogen and oxygen atoms in total. The zero-order valence-electron chi connectivity index (χ0n) is 11.8. The number of hydrogen-bond acceptors (Lipinski definition) is 4. The van der Waals surface area contributed by atoms with Gasteiger partial charge in [0.2, 0.25) is 5.16 Å². The van der Waals surface area contributed by atoms with Crippen molar-refractivity contribution >= 4 is 23.3 Å². The maximum atomic E-state index is 12.8. The number of nitrogens with one attached hydrogen (secondary N) is 1. The van der Waals surface area contributed by atoms with Gasteiger partial charge in [-0.25, -0.2) is 9.67 Å². The Hall–Kier alpha value is -2.03. The van der Waals surface area contributed by atoms with Crippen molar-refractivity contribution in [3.8, 4) is 0 Å². The molecule has 0 saturated heterocycles. The molecule has 0 fully saturated rings. The van der Waals surface area contributed by atoms with Crippen LogP contribution < -0.4 is 5.43 Å². The Morgan fingerprint density at radius 1 is 1.23 bits per heavy atom. The van der Waals surface area contributed by atoms with Crippen molar-refractivity contribution in [2.75, 3.05) is 11.2 Å². The van der Waals surface area contributed by atoms with Gasteiger partial charge in [0.25, 0.3) is 5.82 Å². The summed E-state index contributed by atoms with van der Waals surface area (Å²) in [6, 6.07) is 5.64. The number of aryl methyl sites for hydroxylation is 2. The van der Waals surface area contributed by atoms with E-state index >= 15 is 0 Å². The minimum atomic E-state index is -4.57. The normalized spacial score (nSPS) is 16.5. The molecule has 1 aromatic heterocycles. The molecule has 116 valence electrons. The molecule has 3 rings (SSSR count). The van der Waals surface area contributed by atoms with Crippen LogP contribution in [0.4, 0.5) is 18.9 Å². The lowest BCUT2D eigenvalue weighted by Gasteiger charge is -2.19. The lowest BCUT2D eigenvalue weighted by molar-refractivity contribution is -0.146. The van der Waals surface area contributed by atoms with Gasteiger partial charge in [0.15, 0.2) is 0 Å². The average molecular weight is 327 g/mol. The van der Waals surface area contributed by atoms with Gasteiger partial charge < -0.3 is 0 Å². The Bertz CT molecular complexity index is 751. The van der Waals surface area contributed by atoms with E-state index in [4.69, 9.17) is 0 Å². The molecule has 0 bridgehead atoms. The molecule has 9 heteroatoms. The van der Waals surface area contributed by atoms with Gasteiger partial charge in [-0.1, -0.05) is 17.8 Å². The van der Waals surface area contributed by atoms with E-state index in [1.807, 2.05) is 32.0 Å². The topological polar surface area (TPSA) is 55.1 Å². The van der Waals surface area contributed by atoms with E-state index in [0.717, 1.165) is 27.6 Å². The first-order chi connectivity index (χ1) is 10.3. The standard InChI is InChI=1S/C13H12F3N5S/c1-7-3-4-9(5-8(7)2)17-10-6-22-12-19-18-11(13(14,15)16)21(12)20-10/h3-5H,6H2,1-2H3,(H,17,20). The summed E-state index contributed by atoms with van der Waals surface area (Å²) in [5.74, 6) is -0.253. The highest BCUT2D eigenvalue weighted by Crippen LogP contribution is 2.31. The Labute approximate surface area is 128 Å². The Balaban J connectivity index is 1.91. The first-order valence-corrected chi connectivity index (χ1v) is 7.40. The highest BCUT2D eigenvalue weighted by atomic mass is 32.2. The molecule has 1 N–H and O–H groups in total. The van der Waals surface area contributed by atoms with Crippen LogP contribution in [0.25, 0.3) is 0 Å². The summed E-state index contributed by atoms with van der Waals surface area (Å²) < 4.78 is 39.4. The second-order valence-electron chi connectivity index (χ2n) is 4.87. The van der Waals surface area contributed by atoms with Gasteiger partial charge in [0.05, 0.1) is 11.4 Å². The maximum absolute atomic E-state index is 12.8. The maximum Gasteiger partial charge on any atom is 0.453 e. The molecule has 0 saturated carbocycles. The van der Waals surface area contributed by atoms with Crippen LogP contribution in [0.1, 0.15) is 17.0 Å². The number of amidine groups is 1. The number of benzene rings is 1. The van der Waals surface area contributed by atoms with Crippen LogP contribution in [0.3, 0.4) is 0 Å². The zero-order valence-corrected chi connectivity index (χ0v) is 12.6. The summed E-state index contributed by atoms with van der Waals surface area (Å²) in [6.07, 6.45) is -4.57. The van der Waals surface area contributed by atoms with Gasteiger partial charge in [0.1, 0.15) is 5.84 Å². The number of hydrogen-bond donors (Lipinski definition) is 1. The molecule has 0 aliphatic carbocycles. The third-order valence-corrected chi connectivity index (χ3v) is 4.16. The second-order valence-corrected chi connectivity index (χ2v) is 5.81. The quantitative estimate of drug-likeness (QED) is 0.873. The number of alkyl halides is 3. The fourth-order valence-corrected chi connectivity index (χ4v) is 2.71.